The zero-order chi connectivity index (χ0) is 24.4. The highest BCUT2D eigenvalue weighted by atomic mass is 32.2. The molecule has 2 aliphatic rings. The van der Waals surface area contributed by atoms with E-state index in [0.717, 1.165) is 38.7 Å². The molecule has 0 amide bonds. The predicted octanol–water partition coefficient (Wildman–Crippen LogP) is 6.67. The Bertz CT molecular complexity index is 1670. The molecule has 4 heterocycles. The molecule has 5 aromatic rings. The Labute approximate surface area is 212 Å². The van der Waals surface area contributed by atoms with Crippen molar-refractivity contribution >= 4 is 22.7 Å². The summed E-state index contributed by atoms with van der Waals surface area (Å²) in [5.41, 5.74) is 4.33. The molecule has 0 unspecified atom stereocenters. The van der Waals surface area contributed by atoms with Crippen LogP contribution >= 0.6 is 11.8 Å². The lowest BCUT2D eigenvalue weighted by atomic mass is 9.71. The van der Waals surface area contributed by atoms with E-state index in [9.17, 15) is 4.79 Å². The summed E-state index contributed by atoms with van der Waals surface area (Å²) < 4.78 is 14.5. The highest BCUT2D eigenvalue weighted by molar-refractivity contribution is 7.99. The van der Waals surface area contributed by atoms with Crippen molar-refractivity contribution in [3.8, 4) is 22.7 Å². The van der Waals surface area contributed by atoms with Crippen molar-refractivity contribution < 1.29 is 9.15 Å². The Morgan fingerprint density at radius 3 is 2.39 bits per heavy atom. The summed E-state index contributed by atoms with van der Waals surface area (Å²) in [5.74, 6) is 1.32. The third kappa shape index (κ3) is 3.10. The first-order valence-electron chi connectivity index (χ1n) is 12.1. The molecule has 0 saturated carbocycles. The number of aromatic nitrogens is 2. The van der Waals surface area contributed by atoms with Gasteiger partial charge in [0.05, 0.1) is 22.3 Å². The van der Waals surface area contributed by atoms with Crippen LogP contribution in [0.25, 0.3) is 27.9 Å². The fourth-order valence-corrected chi connectivity index (χ4v) is 7.23. The fraction of sp³-hybridized carbons (Fsp3) is 0.200. The van der Waals surface area contributed by atoms with Crippen molar-refractivity contribution in [2.75, 3.05) is 5.75 Å². The molecule has 178 valence electrons. The molecule has 0 spiro atoms. The van der Waals surface area contributed by atoms with Gasteiger partial charge in [-0.05, 0) is 38.1 Å². The van der Waals surface area contributed by atoms with Gasteiger partial charge in [0.2, 0.25) is 0 Å². The lowest BCUT2D eigenvalue weighted by Crippen LogP contribution is -2.49. The highest BCUT2D eigenvalue weighted by Crippen LogP contribution is 2.57. The van der Waals surface area contributed by atoms with Crippen LogP contribution in [0.3, 0.4) is 0 Å². The second-order valence-corrected chi connectivity index (χ2v) is 10.9. The predicted molar refractivity (Wildman–Crippen MR) is 142 cm³/mol. The van der Waals surface area contributed by atoms with Crippen molar-refractivity contribution in [2.24, 2.45) is 5.92 Å². The molecule has 3 aromatic carbocycles. The van der Waals surface area contributed by atoms with E-state index in [2.05, 4.69) is 38.1 Å². The summed E-state index contributed by atoms with van der Waals surface area (Å²) >= 11 is 1.79. The molecule has 2 aliphatic heterocycles. The van der Waals surface area contributed by atoms with Crippen LogP contribution in [0.1, 0.15) is 30.9 Å². The van der Waals surface area contributed by atoms with Gasteiger partial charge in [0.25, 0.3) is 0 Å². The van der Waals surface area contributed by atoms with Gasteiger partial charge < -0.3 is 9.15 Å². The molecule has 2 aromatic heterocycles. The first kappa shape index (κ1) is 21.5. The summed E-state index contributed by atoms with van der Waals surface area (Å²) in [5, 5.41) is 7.05. The van der Waals surface area contributed by atoms with Crippen molar-refractivity contribution in [1.29, 1.82) is 0 Å². The van der Waals surface area contributed by atoms with E-state index >= 15 is 0 Å². The minimum atomic E-state index is -0.484. The van der Waals surface area contributed by atoms with Gasteiger partial charge in [0.1, 0.15) is 22.0 Å². The van der Waals surface area contributed by atoms with Crippen LogP contribution in [0.5, 0.6) is 5.75 Å². The zero-order valence-electron chi connectivity index (χ0n) is 20.0. The summed E-state index contributed by atoms with van der Waals surface area (Å²) in [7, 11) is 0. The molecule has 0 aliphatic carbocycles. The van der Waals surface area contributed by atoms with Crippen LogP contribution < -0.4 is 10.4 Å². The standard InChI is InChI=1S/C30H24N2O3S/c1-30(2)21-17-36-28-24(23(21)25-27(35-30)20-15-9-10-16-22(20)34-29(25)33)26(18-11-5-3-6-12-18)31-32(28)19-13-7-4-8-14-19/h3-16,21,23H,17H2,1-2H3/t21-,23-/m0/s1. The Hall–Kier alpha value is -3.77. The van der Waals surface area contributed by atoms with Gasteiger partial charge in [-0.15, -0.1) is 11.8 Å². The first-order chi connectivity index (χ1) is 17.5. The Morgan fingerprint density at radius 2 is 1.61 bits per heavy atom. The molecule has 6 heteroatoms. The van der Waals surface area contributed by atoms with Crippen LogP contribution in [0.15, 0.2) is 99.2 Å². The first-order valence-corrected chi connectivity index (χ1v) is 13.1. The maximum Gasteiger partial charge on any atom is 0.343 e. The number of thioether (sulfide) groups is 1. The zero-order valence-corrected chi connectivity index (χ0v) is 20.8. The molecule has 2 atom stereocenters. The SMILES string of the molecule is CC1(C)Oc2c(c(=O)oc3ccccc23)[C@@H]2c3c(-c4ccccc4)nn(-c4ccccc4)c3SC[C@@H]21. The average Bonchev–Trinajstić information content (AvgIpc) is 3.29. The molecular weight excluding hydrogens is 468 g/mol. The van der Waals surface area contributed by atoms with Gasteiger partial charge >= 0.3 is 5.63 Å². The Balaban J connectivity index is 1.58. The third-order valence-electron chi connectivity index (χ3n) is 7.41. The number of hydrogen-bond donors (Lipinski definition) is 0. The minimum Gasteiger partial charge on any atom is -0.486 e. The van der Waals surface area contributed by atoms with Gasteiger partial charge in [0, 0.05) is 28.7 Å². The van der Waals surface area contributed by atoms with Gasteiger partial charge in [-0.25, -0.2) is 9.48 Å². The second kappa shape index (κ2) is 7.87. The number of benzene rings is 3. The highest BCUT2D eigenvalue weighted by Gasteiger charge is 2.51. The van der Waals surface area contributed by atoms with Crippen LogP contribution in [0.2, 0.25) is 0 Å². The summed E-state index contributed by atoms with van der Waals surface area (Å²) in [6, 6.07) is 28.0. The lowest BCUT2D eigenvalue weighted by Gasteiger charge is -2.46. The van der Waals surface area contributed by atoms with Crippen molar-refractivity contribution in [3.63, 3.8) is 0 Å². The fourth-order valence-electron chi connectivity index (χ4n) is 5.65. The second-order valence-electron chi connectivity index (χ2n) is 9.91. The van der Waals surface area contributed by atoms with Gasteiger partial charge in [0.15, 0.2) is 0 Å². The number of ether oxygens (including phenoxy) is 1. The average molecular weight is 493 g/mol. The molecule has 0 saturated heterocycles. The number of hydrogen-bond acceptors (Lipinski definition) is 5. The molecule has 5 nitrogen and oxygen atoms in total. The number of fused-ring (bicyclic) bond motifs is 7. The van der Waals surface area contributed by atoms with E-state index < -0.39 is 5.60 Å². The maximum atomic E-state index is 13.6. The van der Waals surface area contributed by atoms with E-state index in [0.29, 0.717) is 16.9 Å². The number of nitrogens with zero attached hydrogens (tertiary/aromatic N) is 2. The van der Waals surface area contributed by atoms with Gasteiger partial charge in [-0.3, -0.25) is 0 Å². The number of para-hydroxylation sites is 2. The van der Waals surface area contributed by atoms with E-state index in [4.69, 9.17) is 14.3 Å². The van der Waals surface area contributed by atoms with Crippen molar-refractivity contribution in [2.45, 2.75) is 30.4 Å². The molecule has 0 fully saturated rings. The Kier molecular flexibility index (Phi) is 4.70. The molecular formula is C30H24N2O3S. The summed E-state index contributed by atoms with van der Waals surface area (Å²) in [4.78, 5) is 13.6. The topological polar surface area (TPSA) is 57.3 Å². The summed E-state index contributed by atoms with van der Waals surface area (Å²) in [6.07, 6.45) is 0. The van der Waals surface area contributed by atoms with Crippen molar-refractivity contribution in [1.82, 2.24) is 9.78 Å². The van der Waals surface area contributed by atoms with Crippen LogP contribution in [0.4, 0.5) is 0 Å². The van der Waals surface area contributed by atoms with E-state index in [1.54, 1.807) is 11.8 Å². The minimum absolute atomic E-state index is 0.0717. The lowest BCUT2D eigenvalue weighted by molar-refractivity contribution is 0.0270. The number of rotatable bonds is 2. The summed E-state index contributed by atoms with van der Waals surface area (Å²) in [6.45, 7) is 4.26. The third-order valence-corrected chi connectivity index (χ3v) is 8.60. The smallest absolute Gasteiger partial charge is 0.343 e. The van der Waals surface area contributed by atoms with E-state index in [-0.39, 0.29) is 17.5 Å². The van der Waals surface area contributed by atoms with Crippen LogP contribution in [-0.4, -0.2) is 21.1 Å². The van der Waals surface area contributed by atoms with E-state index in [1.807, 2.05) is 65.3 Å². The van der Waals surface area contributed by atoms with Crippen molar-refractivity contribution in [3.05, 3.63) is 106 Å². The molecule has 0 radical (unpaired) electrons. The van der Waals surface area contributed by atoms with Crippen LogP contribution in [0, 0.1) is 5.92 Å². The van der Waals surface area contributed by atoms with E-state index in [1.165, 1.54) is 0 Å². The largest absolute Gasteiger partial charge is 0.486 e. The molecule has 36 heavy (non-hydrogen) atoms. The van der Waals surface area contributed by atoms with Gasteiger partial charge in [-0.1, -0.05) is 60.7 Å². The maximum absolute atomic E-state index is 13.6. The quantitative estimate of drug-likeness (QED) is 0.258. The van der Waals surface area contributed by atoms with Gasteiger partial charge in [-0.2, -0.15) is 5.10 Å². The molecule has 7 rings (SSSR count). The van der Waals surface area contributed by atoms with Crippen LogP contribution in [-0.2, 0) is 0 Å². The normalized spacial score (nSPS) is 19.7. The Morgan fingerprint density at radius 1 is 0.917 bits per heavy atom. The monoisotopic (exact) mass is 492 g/mol. The molecule has 0 N–H and O–H groups in total. The molecule has 0 bridgehead atoms.